The highest BCUT2D eigenvalue weighted by Crippen LogP contribution is 2.15. The summed E-state index contributed by atoms with van der Waals surface area (Å²) in [5.74, 6) is 0.871. The maximum absolute atomic E-state index is 8.70. The van der Waals surface area contributed by atoms with E-state index in [1.807, 2.05) is 7.05 Å². The SMILES string of the molecule is CNCC1CCN(CCCO)CC1. The van der Waals surface area contributed by atoms with Crippen LogP contribution in [-0.2, 0) is 0 Å². The summed E-state index contributed by atoms with van der Waals surface area (Å²) in [5.41, 5.74) is 0. The maximum Gasteiger partial charge on any atom is 0.0443 e. The van der Waals surface area contributed by atoms with Crippen LogP contribution in [0.5, 0.6) is 0 Å². The molecule has 0 radical (unpaired) electrons. The van der Waals surface area contributed by atoms with Gasteiger partial charge in [-0.25, -0.2) is 0 Å². The third kappa shape index (κ3) is 4.07. The summed E-state index contributed by atoms with van der Waals surface area (Å²) in [5, 5.41) is 11.9. The van der Waals surface area contributed by atoms with E-state index in [0.717, 1.165) is 25.4 Å². The lowest BCUT2D eigenvalue weighted by molar-refractivity contribution is 0.167. The van der Waals surface area contributed by atoms with Crippen molar-refractivity contribution in [3.05, 3.63) is 0 Å². The molecule has 1 heterocycles. The number of hydrogen-bond acceptors (Lipinski definition) is 3. The molecular formula is C10H22N2O. The monoisotopic (exact) mass is 186 g/mol. The largest absolute Gasteiger partial charge is 0.396 e. The molecule has 0 aliphatic carbocycles. The summed E-state index contributed by atoms with van der Waals surface area (Å²) in [6, 6.07) is 0. The smallest absolute Gasteiger partial charge is 0.0443 e. The van der Waals surface area contributed by atoms with Crippen LogP contribution in [0.3, 0.4) is 0 Å². The lowest BCUT2D eigenvalue weighted by Crippen LogP contribution is -2.37. The van der Waals surface area contributed by atoms with Gasteiger partial charge >= 0.3 is 0 Å². The molecule has 0 aromatic rings. The average Bonchev–Trinajstić information content (AvgIpc) is 2.17. The van der Waals surface area contributed by atoms with Crippen LogP contribution in [0.2, 0.25) is 0 Å². The van der Waals surface area contributed by atoms with Gasteiger partial charge in [0.2, 0.25) is 0 Å². The number of aliphatic hydroxyl groups excluding tert-OH is 1. The van der Waals surface area contributed by atoms with Crippen LogP contribution in [0.1, 0.15) is 19.3 Å². The molecule has 1 aliphatic heterocycles. The Morgan fingerprint density at radius 3 is 2.62 bits per heavy atom. The van der Waals surface area contributed by atoms with Gasteiger partial charge in [0.05, 0.1) is 0 Å². The molecule has 13 heavy (non-hydrogen) atoms. The van der Waals surface area contributed by atoms with Gasteiger partial charge in [0.25, 0.3) is 0 Å². The van der Waals surface area contributed by atoms with Crippen molar-refractivity contribution in [2.45, 2.75) is 19.3 Å². The van der Waals surface area contributed by atoms with Crippen LogP contribution in [0.25, 0.3) is 0 Å². The molecule has 78 valence electrons. The van der Waals surface area contributed by atoms with E-state index in [9.17, 15) is 0 Å². The van der Waals surface area contributed by atoms with Crippen LogP contribution in [0, 0.1) is 5.92 Å². The predicted octanol–water partition coefficient (Wildman–Crippen LogP) is 0.300. The minimum atomic E-state index is 0.330. The minimum Gasteiger partial charge on any atom is -0.396 e. The van der Waals surface area contributed by atoms with Crippen molar-refractivity contribution in [3.8, 4) is 0 Å². The quantitative estimate of drug-likeness (QED) is 0.648. The molecule has 1 rings (SSSR count). The number of hydrogen-bond donors (Lipinski definition) is 2. The van der Waals surface area contributed by atoms with Gasteiger partial charge in [0.15, 0.2) is 0 Å². The fourth-order valence-electron chi connectivity index (χ4n) is 2.00. The molecule has 1 aliphatic rings. The van der Waals surface area contributed by atoms with Gasteiger partial charge in [-0.3, -0.25) is 0 Å². The van der Waals surface area contributed by atoms with Gasteiger partial charge in [-0.2, -0.15) is 0 Å². The molecule has 0 unspecified atom stereocenters. The van der Waals surface area contributed by atoms with Crippen molar-refractivity contribution >= 4 is 0 Å². The summed E-state index contributed by atoms with van der Waals surface area (Å²) in [6.07, 6.45) is 3.55. The van der Waals surface area contributed by atoms with Crippen LogP contribution in [-0.4, -0.2) is 49.8 Å². The van der Waals surface area contributed by atoms with E-state index in [1.165, 1.54) is 25.9 Å². The van der Waals surface area contributed by atoms with Crippen molar-refractivity contribution in [2.75, 3.05) is 39.8 Å². The maximum atomic E-state index is 8.70. The zero-order valence-corrected chi connectivity index (χ0v) is 8.63. The van der Waals surface area contributed by atoms with E-state index in [1.54, 1.807) is 0 Å². The van der Waals surface area contributed by atoms with E-state index >= 15 is 0 Å². The van der Waals surface area contributed by atoms with E-state index < -0.39 is 0 Å². The molecule has 0 atom stereocenters. The number of rotatable bonds is 5. The van der Waals surface area contributed by atoms with E-state index in [0.29, 0.717) is 6.61 Å². The van der Waals surface area contributed by atoms with Crippen molar-refractivity contribution in [1.29, 1.82) is 0 Å². The van der Waals surface area contributed by atoms with E-state index in [2.05, 4.69) is 10.2 Å². The van der Waals surface area contributed by atoms with E-state index in [4.69, 9.17) is 5.11 Å². The first-order valence-electron chi connectivity index (χ1n) is 5.34. The minimum absolute atomic E-state index is 0.330. The van der Waals surface area contributed by atoms with Crippen LogP contribution >= 0.6 is 0 Å². The molecule has 2 N–H and O–H groups in total. The second kappa shape index (κ2) is 6.35. The van der Waals surface area contributed by atoms with Crippen molar-refractivity contribution in [1.82, 2.24) is 10.2 Å². The van der Waals surface area contributed by atoms with Gasteiger partial charge < -0.3 is 15.3 Å². The van der Waals surface area contributed by atoms with Crippen molar-refractivity contribution in [2.24, 2.45) is 5.92 Å². The summed E-state index contributed by atoms with van der Waals surface area (Å²) in [4.78, 5) is 2.46. The zero-order valence-electron chi connectivity index (χ0n) is 8.63. The Morgan fingerprint density at radius 1 is 1.38 bits per heavy atom. The summed E-state index contributed by atoms with van der Waals surface area (Å²) in [6.45, 7) is 4.99. The molecule has 0 aromatic heterocycles. The molecular weight excluding hydrogens is 164 g/mol. The zero-order chi connectivity index (χ0) is 9.52. The highest BCUT2D eigenvalue weighted by molar-refractivity contribution is 4.73. The molecule has 0 bridgehead atoms. The van der Waals surface area contributed by atoms with Crippen LogP contribution in [0.4, 0.5) is 0 Å². The van der Waals surface area contributed by atoms with Crippen molar-refractivity contribution < 1.29 is 5.11 Å². The normalized spacial score (nSPS) is 20.8. The van der Waals surface area contributed by atoms with Gasteiger partial charge in [-0.05, 0) is 51.9 Å². The summed E-state index contributed by atoms with van der Waals surface area (Å²) < 4.78 is 0. The highest BCUT2D eigenvalue weighted by atomic mass is 16.3. The number of nitrogens with one attached hydrogen (secondary N) is 1. The van der Waals surface area contributed by atoms with Gasteiger partial charge in [0, 0.05) is 13.2 Å². The third-order valence-electron chi connectivity index (χ3n) is 2.83. The molecule has 3 nitrogen and oxygen atoms in total. The summed E-state index contributed by atoms with van der Waals surface area (Å²) >= 11 is 0. The molecule has 1 saturated heterocycles. The molecule has 0 aromatic carbocycles. The fourth-order valence-corrected chi connectivity index (χ4v) is 2.00. The lowest BCUT2D eigenvalue weighted by Gasteiger charge is -2.31. The Morgan fingerprint density at radius 2 is 2.08 bits per heavy atom. The molecule has 0 spiro atoms. The Bertz CT molecular complexity index is 122. The first-order chi connectivity index (χ1) is 6.36. The lowest BCUT2D eigenvalue weighted by atomic mass is 9.97. The first kappa shape index (κ1) is 11.0. The third-order valence-corrected chi connectivity index (χ3v) is 2.83. The number of likely N-dealkylation sites (tertiary alicyclic amines) is 1. The Labute approximate surface area is 81.1 Å². The Balaban J connectivity index is 2.08. The van der Waals surface area contributed by atoms with Gasteiger partial charge in [-0.1, -0.05) is 0 Å². The van der Waals surface area contributed by atoms with Crippen LogP contribution < -0.4 is 5.32 Å². The Kier molecular flexibility index (Phi) is 5.35. The van der Waals surface area contributed by atoms with Gasteiger partial charge in [0.1, 0.15) is 0 Å². The average molecular weight is 186 g/mol. The Hall–Kier alpha value is -0.120. The van der Waals surface area contributed by atoms with E-state index in [-0.39, 0.29) is 0 Å². The molecule has 1 fully saturated rings. The predicted molar refractivity (Wildman–Crippen MR) is 54.8 cm³/mol. The molecule has 0 amide bonds. The summed E-state index contributed by atoms with van der Waals surface area (Å²) in [7, 11) is 2.03. The standard InChI is InChI=1S/C10H22N2O/c1-11-9-10-3-6-12(7-4-10)5-2-8-13/h10-11,13H,2-9H2,1H3. The number of aliphatic hydroxyl groups is 1. The number of nitrogens with zero attached hydrogens (tertiary/aromatic N) is 1. The fraction of sp³-hybridized carbons (Fsp3) is 1.00. The topological polar surface area (TPSA) is 35.5 Å². The van der Waals surface area contributed by atoms with Crippen molar-refractivity contribution in [3.63, 3.8) is 0 Å². The molecule has 0 saturated carbocycles. The van der Waals surface area contributed by atoms with Gasteiger partial charge in [-0.15, -0.1) is 0 Å². The second-order valence-electron chi connectivity index (χ2n) is 3.92. The highest BCUT2D eigenvalue weighted by Gasteiger charge is 2.17. The first-order valence-corrected chi connectivity index (χ1v) is 5.34. The number of piperidine rings is 1. The van der Waals surface area contributed by atoms with Crippen LogP contribution in [0.15, 0.2) is 0 Å². The molecule has 3 heteroatoms. The second-order valence-corrected chi connectivity index (χ2v) is 3.92.